The first-order valence-electron chi connectivity index (χ1n) is 4.79. The molecule has 1 aromatic rings. The van der Waals surface area contributed by atoms with Gasteiger partial charge in [0.1, 0.15) is 0 Å². The van der Waals surface area contributed by atoms with Crippen LogP contribution in [0.15, 0.2) is 24.3 Å². The lowest BCUT2D eigenvalue weighted by Gasteiger charge is -2.20. The lowest BCUT2D eigenvalue weighted by atomic mass is 9.84. The highest BCUT2D eigenvalue weighted by Crippen LogP contribution is 2.20. The highest BCUT2D eigenvalue weighted by Gasteiger charge is 2.26. The number of rotatable bonds is 3. The Morgan fingerprint density at radius 3 is 2.57 bits per heavy atom. The van der Waals surface area contributed by atoms with Crippen LogP contribution in [0.2, 0.25) is 0 Å². The van der Waals surface area contributed by atoms with E-state index < -0.39 is 5.41 Å². The fourth-order valence-corrected chi connectivity index (χ4v) is 1.27. The third-order valence-electron chi connectivity index (χ3n) is 2.41. The summed E-state index contributed by atoms with van der Waals surface area (Å²) in [6.07, 6.45) is 0. The average molecular weight is 191 g/mol. The van der Waals surface area contributed by atoms with E-state index in [9.17, 15) is 4.79 Å². The van der Waals surface area contributed by atoms with Crippen molar-refractivity contribution in [3.05, 3.63) is 35.4 Å². The van der Waals surface area contributed by atoms with Gasteiger partial charge in [-0.3, -0.25) is 4.79 Å². The number of hydrogen-bond acceptors (Lipinski definition) is 2. The second-order valence-electron chi connectivity index (χ2n) is 4.29. The molecule has 0 aromatic heterocycles. The Balaban J connectivity index is 3.01. The average Bonchev–Trinajstić information content (AvgIpc) is 2.16. The van der Waals surface area contributed by atoms with Gasteiger partial charge in [0.05, 0.1) is 0 Å². The maximum Gasteiger partial charge on any atom is 0.169 e. The quantitative estimate of drug-likeness (QED) is 0.744. The van der Waals surface area contributed by atoms with Gasteiger partial charge in [0, 0.05) is 17.5 Å². The number of carbonyl (C=O) groups excluding carboxylic acids is 1. The van der Waals surface area contributed by atoms with Crippen LogP contribution in [0.5, 0.6) is 0 Å². The zero-order valence-electron chi connectivity index (χ0n) is 9.00. The van der Waals surface area contributed by atoms with Gasteiger partial charge < -0.3 is 5.73 Å². The van der Waals surface area contributed by atoms with Gasteiger partial charge in [-0.25, -0.2) is 0 Å². The summed E-state index contributed by atoms with van der Waals surface area (Å²) in [5.74, 6) is 0.115. The summed E-state index contributed by atoms with van der Waals surface area (Å²) in [4.78, 5) is 12.0. The molecule has 0 aliphatic heterocycles. The number of nitrogens with two attached hydrogens (primary N) is 1. The molecule has 0 unspecified atom stereocenters. The minimum Gasteiger partial charge on any atom is -0.329 e. The molecule has 1 aromatic carbocycles. The summed E-state index contributed by atoms with van der Waals surface area (Å²) in [6.45, 7) is 6.10. The van der Waals surface area contributed by atoms with Gasteiger partial charge in [-0.2, -0.15) is 0 Å². The Kier molecular flexibility index (Phi) is 3.06. The van der Waals surface area contributed by atoms with E-state index >= 15 is 0 Å². The van der Waals surface area contributed by atoms with E-state index in [0.29, 0.717) is 6.54 Å². The topological polar surface area (TPSA) is 43.1 Å². The summed E-state index contributed by atoms with van der Waals surface area (Å²) in [6, 6.07) is 7.62. The Bertz CT molecular complexity index is 342. The van der Waals surface area contributed by atoms with Gasteiger partial charge in [0.2, 0.25) is 0 Å². The predicted molar refractivity (Wildman–Crippen MR) is 58.3 cm³/mol. The number of Topliss-reactive ketones (excluding diaryl/α,β-unsaturated/α-hetero) is 1. The molecule has 0 aliphatic rings. The molecule has 0 bridgehead atoms. The highest BCUT2D eigenvalue weighted by atomic mass is 16.1. The van der Waals surface area contributed by atoms with E-state index in [1.807, 2.05) is 45.0 Å². The van der Waals surface area contributed by atoms with E-state index in [1.54, 1.807) is 0 Å². The second-order valence-corrected chi connectivity index (χ2v) is 4.29. The smallest absolute Gasteiger partial charge is 0.169 e. The third kappa shape index (κ3) is 2.20. The van der Waals surface area contributed by atoms with E-state index in [1.165, 1.54) is 0 Å². The molecule has 14 heavy (non-hydrogen) atoms. The Hall–Kier alpha value is -1.15. The summed E-state index contributed by atoms with van der Waals surface area (Å²) < 4.78 is 0. The van der Waals surface area contributed by atoms with Crippen molar-refractivity contribution in [3.63, 3.8) is 0 Å². The van der Waals surface area contributed by atoms with Gasteiger partial charge in [-0.1, -0.05) is 37.6 Å². The molecule has 0 atom stereocenters. The van der Waals surface area contributed by atoms with E-state index in [-0.39, 0.29) is 5.78 Å². The van der Waals surface area contributed by atoms with Crippen LogP contribution in [0, 0.1) is 12.3 Å². The normalized spacial score (nSPS) is 11.4. The number of ketones is 1. The SMILES string of the molecule is Cc1cccc(C(=O)C(C)(C)CN)c1. The Morgan fingerprint density at radius 1 is 1.43 bits per heavy atom. The van der Waals surface area contributed by atoms with Crippen LogP contribution >= 0.6 is 0 Å². The first kappa shape index (κ1) is 10.9. The monoisotopic (exact) mass is 191 g/mol. The van der Waals surface area contributed by atoms with Gasteiger partial charge in [-0.05, 0) is 13.0 Å². The van der Waals surface area contributed by atoms with Crippen LogP contribution in [-0.4, -0.2) is 12.3 Å². The summed E-state index contributed by atoms with van der Waals surface area (Å²) in [5.41, 5.74) is 6.95. The molecule has 0 saturated carbocycles. The van der Waals surface area contributed by atoms with Crippen molar-refractivity contribution < 1.29 is 4.79 Å². The highest BCUT2D eigenvalue weighted by molar-refractivity contribution is 6.00. The molecule has 1 rings (SSSR count). The number of carbonyl (C=O) groups is 1. The summed E-state index contributed by atoms with van der Waals surface area (Å²) >= 11 is 0. The molecule has 0 heterocycles. The zero-order valence-corrected chi connectivity index (χ0v) is 9.00. The van der Waals surface area contributed by atoms with Crippen LogP contribution in [0.4, 0.5) is 0 Å². The zero-order chi connectivity index (χ0) is 10.8. The lowest BCUT2D eigenvalue weighted by molar-refractivity contribution is 0.0847. The Morgan fingerprint density at radius 2 is 2.07 bits per heavy atom. The van der Waals surface area contributed by atoms with Crippen LogP contribution in [-0.2, 0) is 0 Å². The third-order valence-corrected chi connectivity index (χ3v) is 2.41. The second kappa shape index (κ2) is 3.93. The first-order valence-corrected chi connectivity index (χ1v) is 4.79. The maximum atomic E-state index is 12.0. The fourth-order valence-electron chi connectivity index (χ4n) is 1.27. The molecular weight excluding hydrogens is 174 g/mol. The minimum absolute atomic E-state index is 0.115. The predicted octanol–water partition coefficient (Wildman–Crippen LogP) is 2.16. The van der Waals surface area contributed by atoms with E-state index in [4.69, 9.17) is 5.73 Å². The molecule has 2 heteroatoms. The van der Waals surface area contributed by atoms with E-state index in [0.717, 1.165) is 11.1 Å². The number of aryl methyl sites for hydroxylation is 1. The van der Waals surface area contributed by atoms with E-state index in [2.05, 4.69) is 0 Å². The first-order chi connectivity index (χ1) is 6.47. The van der Waals surface area contributed by atoms with Crippen molar-refractivity contribution in [3.8, 4) is 0 Å². The molecule has 2 nitrogen and oxygen atoms in total. The summed E-state index contributed by atoms with van der Waals surface area (Å²) in [5, 5.41) is 0. The molecule has 0 saturated heterocycles. The number of benzene rings is 1. The van der Waals surface area contributed by atoms with Crippen molar-refractivity contribution in [2.75, 3.05) is 6.54 Å². The fraction of sp³-hybridized carbons (Fsp3) is 0.417. The van der Waals surface area contributed by atoms with Crippen molar-refractivity contribution in [1.29, 1.82) is 0 Å². The standard InChI is InChI=1S/C12H17NO/c1-9-5-4-6-10(7-9)11(14)12(2,3)8-13/h4-7H,8,13H2,1-3H3. The van der Waals surface area contributed by atoms with Crippen molar-refractivity contribution in [2.24, 2.45) is 11.1 Å². The molecule has 0 aliphatic carbocycles. The molecule has 0 amide bonds. The van der Waals surface area contributed by atoms with Crippen LogP contribution in [0.25, 0.3) is 0 Å². The van der Waals surface area contributed by atoms with Crippen LogP contribution in [0.1, 0.15) is 29.8 Å². The van der Waals surface area contributed by atoms with Crippen LogP contribution < -0.4 is 5.73 Å². The van der Waals surface area contributed by atoms with Crippen molar-refractivity contribution in [2.45, 2.75) is 20.8 Å². The van der Waals surface area contributed by atoms with Crippen molar-refractivity contribution >= 4 is 5.78 Å². The molecule has 0 fully saturated rings. The minimum atomic E-state index is -0.464. The largest absolute Gasteiger partial charge is 0.329 e. The van der Waals surface area contributed by atoms with Crippen LogP contribution in [0.3, 0.4) is 0 Å². The lowest BCUT2D eigenvalue weighted by Crippen LogP contribution is -2.32. The maximum absolute atomic E-state index is 12.0. The van der Waals surface area contributed by atoms with Crippen molar-refractivity contribution in [1.82, 2.24) is 0 Å². The Labute approximate surface area is 85.1 Å². The molecule has 0 spiro atoms. The molecule has 76 valence electrons. The van der Waals surface area contributed by atoms with Gasteiger partial charge >= 0.3 is 0 Å². The van der Waals surface area contributed by atoms with Gasteiger partial charge in [-0.15, -0.1) is 0 Å². The molecular formula is C12H17NO. The number of hydrogen-bond donors (Lipinski definition) is 1. The molecule has 2 N–H and O–H groups in total. The summed E-state index contributed by atoms with van der Waals surface area (Å²) in [7, 11) is 0. The van der Waals surface area contributed by atoms with Gasteiger partial charge in [0.15, 0.2) is 5.78 Å². The van der Waals surface area contributed by atoms with Gasteiger partial charge in [0.25, 0.3) is 0 Å². The molecule has 0 radical (unpaired) electrons.